The van der Waals surface area contributed by atoms with Gasteiger partial charge >= 0.3 is 0 Å². The summed E-state index contributed by atoms with van der Waals surface area (Å²) in [4.78, 5) is 16.9. The molecular weight excluding hydrogens is 404 g/mol. The van der Waals surface area contributed by atoms with Gasteiger partial charge in [-0.2, -0.15) is 0 Å². The summed E-state index contributed by atoms with van der Waals surface area (Å²) in [6, 6.07) is 14.5. The van der Waals surface area contributed by atoms with Crippen molar-refractivity contribution in [1.82, 2.24) is 14.9 Å². The van der Waals surface area contributed by atoms with Crippen LogP contribution < -0.4 is 14.4 Å². The Bertz CT molecular complexity index is 1170. The number of amides is 1. The molecule has 0 saturated heterocycles. The Morgan fingerprint density at radius 3 is 2.60 bits per heavy atom. The van der Waals surface area contributed by atoms with E-state index in [0.29, 0.717) is 18.0 Å². The standard InChI is InChI=1S/C21H22N4O4S/c1-15-22-11-12-24(15)17-9-7-16(8-10-17)13-23-21(26)20-14-25(30(2,27)28)18-5-3-4-6-19(18)29-20/h3-12,20H,13-14H2,1-2H3,(H,23,26)/t20-/m1/s1. The lowest BCUT2D eigenvalue weighted by molar-refractivity contribution is -0.127. The van der Waals surface area contributed by atoms with Crippen molar-refractivity contribution in [2.75, 3.05) is 17.1 Å². The van der Waals surface area contributed by atoms with Crippen molar-refractivity contribution in [3.63, 3.8) is 0 Å². The van der Waals surface area contributed by atoms with Gasteiger partial charge in [-0.15, -0.1) is 0 Å². The number of imidazole rings is 1. The highest BCUT2D eigenvalue weighted by molar-refractivity contribution is 7.92. The predicted molar refractivity (Wildman–Crippen MR) is 113 cm³/mol. The van der Waals surface area contributed by atoms with Gasteiger partial charge in [-0.3, -0.25) is 9.10 Å². The summed E-state index contributed by atoms with van der Waals surface area (Å²) in [5.74, 6) is 0.892. The molecule has 4 rings (SSSR count). The number of rotatable bonds is 5. The molecule has 156 valence electrons. The Labute approximate surface area is 175 Å². The Hall–Kier alpha value is -3.33. The normalized spacial score (nSPS) is 15.9. The minimum atomic E-state index is -3.54. The van der Waals surface area contributed by atoms with E-state index in [4.69, 9.17) is 4.74 Å². The van der Waals surface area contributed by atoms with Crippen molar-refractivity contribution < 1.29 is 17.9 Å². The molecule has 0 aliphatic carbocycles. The van der Waals surface area contributed by atoms with Crippen molar-refractivity contribution in [1.29, 1.82) is 0 Å². The number of nitrogens with one attached hydrogen (secondary N) is 1. The van der Waals surface area contributed by atoms with E-state index in [9.17, 15) is 13.2 Å². The largest absolute Gasteiger partial charge is 0.476 e. The molecule has 0 bridgehead atoms. The highest BCUT2D eigenvalue weighted by Gasteiger charge is 2.34. The van der Waals surface area contributed by atoms with Gasteiger partial charge in [0, 0.05) is 24.6 Å². The Morgan fingerprint density at radius 2 is 1.93 bits per heavy atom. The van der Waals surface area contributed by atoms with Crippen LogP contribution in [0.5, 0.6) is 5.75 Å². The second kappa shape index (κ2) is 7.83. The second-order valence-electron chi connectivity index (χ2n) is 7.10. The highest BCUT2D eigenvalue weighted by atomic mass is 32.2. The number of anilines is 1. The first-order chi connectivity index (χ1) is 14.3. The zero-order valence-corrected chi connectivity index (χ0v) is 17.5. The monoisotopic (exact) mass is 426 g/mol. The number of hydrogen-bond acceptors (Lipinski definition) is 5. The maximum absolute atomic E-state index is 12.7. The first kappa shape index (κ1) is 20.0. The van der Waals surface area contributed by atoms with Crippen molar-refractivity contribution in [3.05, 3.63) is 72.3 Å². The van der Waals surface area contributed by atoms with E-state index in [1.54, 1.807) is 30.5 Å². The number of hydrogen-bond donors (Lipinski definition) is 1. The summed E-state index contributed by atoms with van der Waals surface area (Å²) in [5, 5.41) is 2.83. The number of ether oxygens (including phenoxy) is 1. The van der Waals surface area contributed by atoms with Crippen molar-refractivity contribution >= 4 is 21.6 Å². The number of carbonyl (C=O) groups is 1. The van der Waals surface area contributed by atoms with E-state index in [0.717, 1.165) is 23.3 Å². The molecule has 30 heavy (non-hydrogen) atoms. The van der Waals surface area contributed by atoms with Crippen molar-refractivity contribution in [2.45, 2.75) is 19.6 Å². The average molecular weight is 426 g/mol. The number of benzene rings is 2. The maximum atomic E-state index is 12.7. The molecule has 0 fully saturated rings. The molecule has 1 atom stereocenters. The molecule has 9 heteroatoms. The minimum absolute atomic E-state index is 0.0689. The lowest BCUT2D eigenvalue weighted by Gasteiger charge is -2.33. The topological polar surface area (TPSA) is 93.5 Å². The molecule has 1 aliphatic heterocycles. The van der Waals surface area contributed by atoms with Crippen molar-refractivity contribution in [3.8, 4) is 11.4 Å². The number of para-hydroxylation sites is 2. The number of fused-ring (bicyclic) bond motifs is 1. The average Bonchev–Trinajstić information content (AvgIpc) is 3.16. The number of sulfonamides is 1. The molecule has 8 nitrogen and oxygen atoms in total. The molecule has 0 spiro atoms. The first-order valence-electron chi connectivity index (χ1n) is 9.43. The van der Waals surface area contributed by atoms with E-state index in [1.807, 2.05) is 42.0 Å². The van der Waals surface area contributed by atoms with Gasteiger partial charge in [-0.25, -0.2) is 13.4 Å². The van der Waals surface area contributed by atoms with E-state index in [-0.39, 0.29) is 12.5 Å². The van der Waals surface area contributed by atoms with Crippen LogP contribution in [-0.2, 0) is 21.4 Å². The van der Waals surface area contributed by atoms with Gasteiger partial charge < -0.3 is 14.6 Å². The summed E-state index contributed by atoms with van der Waals surface area (Å²) >= 11 is 0. The summed E-state index contributed by atoms with van der Waals surface area (Å²) in [6.45, 7) is 2.17. The molecule has 1 aromatic heterocycles. The van der Waals surface area contributed by atoms with Crippen molar-refractivity contribution in [2.24, 2.45) is 0 Å². The van der Waals surface area contributed by atoms with E-state index in [1.165, 1.54) is 4.31 Å². The molecule has 2 aromatic carbocycles. The molecule has 1 amide bonds. The molecule has 3 aromatic rings. The lowest BCUT2D eigenvalue weighted by Crippen LogP contribution is -2.50. The van der Waals surface area contributed by atoms with Crippen LogP contribution in [0.15, 0.2) is 60.9 Å². The van der Waals surface area contributed by atoms with Crippen LogP contribution in [-0.4, -0.2) is 42.8 Å². The third kappa shape index (κ3) is 4.02. The molecular formula is C21H22N4O4S. The van der Waals surface area contributed by atoms with Gasteiger partial charge in [0.25, 0.3) is 5.91 Å². The number of nitrogens with zero attached hydrogens (tertiary/aromatic N) is 3. The maximum Gasteiger partial charge on any atom is 0.263 e. The molecule has 1 N–H and O–H groups in total. The SMILES string of the molecule is Cc1nccn1-c1ccc(CNC(=O)[C@H]2CN(S(C)(=O)=O)c3ccccc3O2)cc1. The zero-order valence-electron chi connectivity index (χ0n) is 16.6. The Morgan fingerprint density at radius 1 is 1.20 bits per heavy atom. The predicted octanol–water partition coefficient (Wildman–Crippen LogP) is 2.02. The van der Waals surface area contributed by atoms with Crippen LogP contribution in [0.1, 0.15) is 11.4 Å². The third-order valence-electron chi connectivity index (χ3n) is 4.93. The Kier molecular flexibility index (Phi) is 5.21. The van der Waals surface area contributed by atoms with Crippen LogP contribution in [0.2, 0.25) is 0 Å². The number of aryl methyl sites for hydroxylation is 1. The fraction of sp³-hybridized carbons (Fsp3) is 0.238. The zero-order chi connectivity index (χ0) is 21.3. The summed E-state index contributed by atoms with van der Waals surface area (Å²) in [7, 11) is -3.54. The van der Waals surface area contributed by atoms with Crippen LogP contribution in [0.4, 0.5) is 5.69 Å². The summed E-state index contributed by atoms with van der Waals surface area (Å²) < 4.78 is 33.3. The van der Waals surface area contributed by atoms with Gasteiger partial charge in [0.2, 0.25) is 10.0 Å². The second-order valence-corrected chi connectivity index (χ2v) is 9.00. The quantitative estimate of drug-likeness (QED) is 0.674. The highest BCUT2D eigenvalue weighted by Crippen LogP contribution is 2.34. The number of carbonyl (C=O) groups excluding carboxylic acids is 1. The first-order valence-corrected chi connectivity index (χ1v) is 11.3. The van der Waals surface area contributed by atoms with E-state index in [2.05, 4.69) is 10.3 Å². The van der Waals surface area contributed by atoms with Crippen LogP contribution in [0.25, 0.3) is 5.69 Å². The fourth-order valence-electron chi connectivity index (χ4n) is 3.38. The van der Waals surface area contributed by atoms with Gasteiger partial charge in [0.1, 0.15) is 11.6 Å². The third-order valence-corrected chi connectivity index (χ3v) is 6.08. The summed E-state index contributed by atoms with van der Waals surface area (Å²) in [5.41, 5.74) is 2.34. The lowest BCUT2D eigenvalue weighted by atomic mass is 10.2. The van der Waals surface area contributed by atoms with Gasteiger partial charge in [0.15, 0.2) is 6.10 Å². The molecule has 0 radical (unpaired) electrons. The van der Waals surface area contributed by atoms with Gasteiger partial charge in [-0.05, 0) is 36.8 Å². The van der Waals surface area contributed by atoms with Crippen LogP contribution in [0, 0.1) is 6.92 Å². The molecule has 1 aliphatic rings. The molecule has 0 unspecified atom stereocenters. The summed E-state index contributed by atoms with van der Waals surface area (Å²) in [6.07, 6.45) is 3.82. The van der Waals surface area contributed by atoms with Gasteiger partial charge in [0.05, 0.1) is 18.5 Å². The van der Waals surface area contributed by atoms with Crippen LogP contribution >= 0.6 is 0 Å². The Balaban J connectivity index is 1.44. The van der Waals surface area contributed by atoms with Crippen LogP contribution in [0.3, 0.4) is 0 Å². The molecule has 0 saturated carbocycles. The van der Waals surface area contributed by atoms with E-state index < -0.39 is 16.1 Å². The van der Waals surface area contributed by atoms with E-state index >= 15 is 0 Å². The fourth-order valence-corrected chi connectivity index (χ4v) is 4.30. The van der Waals surface area contributed by atoms with Gasteiger partial charge in [-0.1, -0.05) is 24.3 Å². The molecule has 2 heterocycles. The number of aromatic nitrogens is 2. The minimum Gasteiger partial charge on any atom is -0.476 e. The smallest absolute Gasteiger partial charge is 0.263 e.